The third-order valence-electron chi connectivity index (χ3n) is 3.94. The zero-order valence-corrected chi connectivity index (χ0v) is 17.4. The summed E-state index contributed by atoms with van der Waals surface area (Å²) >= 11 is 0. The maximum absolute atomic E-state index is 14.2. The molecule has 0 saturated carbocycles. The summed E-state index contributed by atoms with van der Waals surface area (Å²) in [6, 6.07) is 14.3. The summed E-state index contributed by atoms with van der Waals surface area (Å²) in [5.41, 5.74) is 0.0654. The number of sulfonamides is 1. The number of benzene rings is 2. The Kier molecular flexibility index (Phi) is 6.05. The van der Waals surface area contributed by atoms with Crippen molar-refractivity contribution < 1.29 is 17.5 Å². The van der Waals surface area contributed by atoms with Gasteiger partial charge in [-0.3, -0.25) is 0 Å². The SMILES string of the molecule is CC(C)(C#N)Oc1ccc(Nc2nc(Nc3ccc(S(N)(=O)=O)cc3)ncc2F)cc1. The van der Waals surface area contributed by atoms with Gasteiger partial charge < -0.3 is 15.4 Å². The lowest BCUT2D eigenvalue weighted by Crippen LogP contribution is -2.25. The number of ether oxygens (including phenoxy) is 1. The molecule has 0 fully saturated rings. The molecule has 3 aromatic rings. The molecule has 1 aromatic heterocycles. The molecule has 0 aliphatic heterocycles. The molecule has 2 aromatic carbocycles. The van der Waals surface area contributed by atoms with Gasteiger partial charge in [0.25, 0.3) is 0 Å². The summed E-state index contributed by atoms with van der Waals surface area (Å²) in [5, 5.41) is 19.8. The smallest absolute Gasteiger partial charge is 0.238 e. The van der Waals surface area contributed by atoms with Crippen LogP contribution in [0.3, 0.4) is 0 Å². The van der Waals surface area contributed by atoms with Gasteiger partial charge in [0.15, 0.2) is 17.2 Å². The van der Waals surface area contributed by atoms with Crippen LogP contribution in [0.5, 0.6) is 5.75 Å². The van der Waals surface area contributed by atoms with E-state index in [4.69, 9.17) is 15.1 Å². The fraction of sp³-hybridized carbons (Fsp3) is 0.150. The standard InChI is InChI=1S/C20H19FN6O3S/c1-20(2,12-22)30-15-7-3-13(4-8-15)25-18-17(21)11-24-19(27-18)26-14-5-9-16(10-6-14)31(23,28)29/h3-11H,1-2H3,(H2,23,28,29)(H2,24,25,26,27). The van der Waals surface area contributed by atoms with E-state index in [-0.39, 0.29) is 16.7 Å². The van der Waals surface area contributed by atoms with Gasteiger partial charge in [0.2, 0.25) is 16.0 Å². The van der Waals surface area contributed by atoms with E-state index >= 15 is 0 Å². The highest BCUT2D eigenvalue weighted by atomic mass is 32.2. The van der Waals surface area contributed by atoms with E-state index in [0.29, 0.717) is 17.1 Å². The Labute approximate surface area is 178 Å². The minimum Gasteiger partial charge on any atom is -0.473 e. The first-order chi connectivity index (χ1) is 14.6. The summed E-state index contributed by atoms with van der Waals surface area (Å²) in [6.07, 6.45) is 1.00. The molecule has 0 amide bonds. The summed E-state index contributed by atoms with van der Waals surface area (Å²) in [7, 11) is -3.80. The minimum atomic E-state index is -3.80. The number of nitrogens with zero attached hydrogens (tertiary/aromatic N) is 3. The van der Waals surface area contributed by atoms with E-state index in [9.17, 15) is 12.8 Å². The second kappa shape index (κ2) is 8.55. The van der Waals surface area contributed by atoms with Crippen LogP contribution in [0.25, 0.3) is 0 Å². The number of anilines is 4. The van der Waals surface area contributed by atoms with E-state index in [0.717, 1.165) is 6.20 Å². The van der Waals surface area contributed by atoms with Crippen molar-refractivity contribution in [3.63, 3.8) is 0 Å². The molecule has 0 bridgehead atoms. The highest BCUT2D eigenvalue weighted by Crippen LogP contribution is 2.24. The lowest BCUT2D eigenvalue weighted by atomic mass is 10.2. The van der Waals surface area contributed by atoms with Crippen LogP contribution in [-0.4, -0.2) is 24.0 Å². The number of nitrogens with two attached hydrogens (primary N) is 1. The monoisotopic (exact) mass is 442 g/mol. The highest BCUT2D eigenvalue weighted by molar-refractivity contribution is 7.89. The van der Waals surface area contributed by atoms with Crippen molar-refractivity contribution in [3.8, 4) is 11.8 Å². The molecule has 0 spiro atoms. The molecular weight excluding hydrogens is 423 g/mol. The van der Waals surface area contributed by atoms with Crippen molar-refractivity contribution in [2.75, 3.05) is 10.6 Å². The molecule has 1 heterocycles. The van der Waals surface area contributed by atoms with Crippen molar-refractivity contribution >= 4 is 33.2 Å². The van der Waals surface area contributed by atoms with Gasteiger partial charge in [-0.25, -0.2) is 22.9 Å². The molecular formula is C20H19FN6O3S. The number of hydrogen-bond donors (Lipinski definition) is 3. The van der Waals surface area contributed by atoms with Crippen LogP contribution in [0.1, 0.15) is 13.8 Å². The highest BCUT2D eigenvalue weighted by Gasteiger charge is 2.18. The minimum absolute atomic E-state index is 0.0361. The molecule has 0 unspecified atom stereocenters. The Morgan fingerprint density at radius 1 is 1.06 bits per heavy atom. The van der Waals surface area contributed by atoms with Gasteiger partial charge >= 0.3 is 0 Å². The van der Waals surface area contributed by atoms with Gasteiger partial charge in [-0.2, -0.15) is 10.2 Å². The molecule has 31 heavy (non-hydrogen) atoms. The molecule has 9 nitrogen and oxygen atoms in total. The zero-order valence-electron chi connectivity index (χ0n) is 16.6. The van der Waals surface area contributed by atoms with E-state index in [1.54, 1.807) is 38.1 Å². The Morgan fingerprint density at radius 3 is 2.23 bits per heavy atom. The summed E-state index contributed by atoms with van der Waals surface area (Å²) in [4.78, 5) is 7.95. The van der Waals surface area contributed by atoms with Crippen LogP contribution in [-0.2, 0) is 10.0 Å². The molecule has 11 heteroatoms. The van der Waals surface area contributed by atoms with Crippen LogP contribution in [0.2, 0.25) is 0 Å². The van der Waals surface area contributed by atoms with E-state index in [2.05, 4.69) is 20.6 Å². The Bertz CT molecular complexity index is 1220. The number of aromatic nitrogens is 2. The third kappa shape index (κ3) is 5.88. The second-order valence-electron chi connectivity index (χ2n) is 6.96. The van der Waals surface area contributed by atoms with Crippen molar-refractivity contribution in [2.24, 2.45) is 5.14 Å². The average molecular weight is 442 g/mol. The fourth-order valence-electron chi connectivity index (χ4n) is 2.43. The van der Waals surface area contributed by atoms with Crippen molar-refractivity contribution in [2.45, 2.75) is 24.3 Å². The summed E-state index contributed by atoms with van der Waals surface area (Å²) in [6.45, 7) is 3.29. The molecule has 4 N–H and O–H groups in total. The van der Waals surface area contributed by atoms with Crippen LogP contribution in [0, 0.1) is 17.1 Å². The first-order valence-electron chi connectivity index (χ1n) is 8.95. The van der Waals surface area contributed by atoms with Gasteiger partial charge in [0, 0.05) is 11.4 Å². The van der Waals surface area contributed by atoms with Crippen LogP contribution in [0.15, 0.2) is 59.6 Å². The molecule has 3 rings (SSSR count). The normalized spacial score (nSPS) is 11.5. The molecule has 160 valence electrons. The summed E-state index contributed by atoms with van der Waals surface area (Å²) in [5.74, 6) is -0.140. The van der Waals surface area contributed by atoms with E-state index in [1.165, 1.54) is 24.3 Å². The van der Waals surface area contributed by atoms with Crippen molar-refractivity contribution in [1.29, 1.82) is 5.26 Å². The number of rotatable bonds is 7. The van der Waals surface area contributed by atoms with Crippen LogP contribution < -0.4 is 20.5 Å². The Balaban J connectivity index is 1.73. The maximum Gasteiger partial charge on any atom is 0.238 e. The fourth-order valence-corrected chi connectivity index (χ4v) is 2.95. The van der Waals surface area contributed by atoms with Crippen molar-refractivity contribution in [1.82, 2.24) is 9.97 Å². The number of nitriles is 1. The third-order valence-corrected chi connectivity index (χ3v) is 4.87. The van der Waals surface area contributed by atoms with E-state index in [1.807, 2.05) is 6.07 Å². The van der Waals surface area contributed by atoms with Crippen molar-refractivity contribution in [3.05, 3.63) is 60.5 Å². The number of halogens is 1. The van der Waals surface area contributed by atoms with Gasteiger partial charge in [0.05, 0.1) is 11.1 Å². The summed E-state index contributed by atoms with van der Waals surface area (Å²) < 4.78 is 42.4. The quantitative estimate of drug-likeness (QED) is 0.505. The molecule has 0 aliphatic rings. The van der Waals surface area contributed by atoms with Gasteiger partial charge in [0.1, 0.15) is 11.8 Å². The number of primary sulfonamides is 1. The van der Waals surface area contributed by atoms with Crippen LogP contribution in [0.4, 0.5) is 27.5 Å². The number of nitrogens with one attached hydrogen (secondary N) is 2. The van der Waals surface area contributed by atoms with Gasteiger partial charge in [-0.1, -0.05) is 0 Å². The largest absolute Gasteiger partial charge is 0.473 e. The molecule has 0 saturated heterocycles. The predicted molar refractivity (Wildman–Crippen MR) is 113 cm³/mol. The molecule has 0 atom stereocenters. The average Bonchev–Trinajstić information content (AvgIpc) is 2.71. The second-order valence-corrected chi connectivity index (χ2v) is 8.52. The van der Waals surface area contributed by atoms with Gasteiger partial charge in [-0.05, 0) is 62.4 Å². The predicted octanol–water partition coefficient (Wildman–Crippen LogP) is 3.43. The van der Waals surface area contributed by atoms with Crippen LogP contribution >= 0.6 is 0 Å². The first kappa shape index (κ1) is 21.9. The zero-order chi connectivity index (χ0) is 22.6. The topological polar surface area (TPSA) is 143 Å². The Morgan fingerprint density at radius 2 is 1.65 bits per heavy atom. The number of hydrogen-bond acceptors (Lipinski definition) is 8. The Hall–Kier alpha value is -3.75. The maximum atomic E-state index is 14.2. The lowest BCUT2D eigenvalue weighted by Gasteiger charge is -2.18. The molecule has 0 aliphatic carbocycles. The lowest BCUT2D eigenvalue weighted by molar-refractivity contribution is 0.170. The van der Waals surface area contributed by atoms with Gasteiger partial charge in [-0.15, -0.1) is 0 Å². The first-order valence-corrected chi connectivity index (χ1v) is 10.5. The molecule has 0 radical (unpaired) electrons. The van der Waals surface area contributed by atoms with E-state index < -0.39 is 21.4 Å².